The molecule has 0 bridgehead atoms. The Morgan fingerprint density at radius 2 is 1.56 bits per heavy atom. The first-order valence-corrected chi connectivity index (χ1v) is 9.85. The van der Waals surface area contributed by atoms with Crippen molar-refractivity contribution in [1.29, 1.82) is 0 Å². The maximum absolute atomic E-state index is 11.4. The van der Waals surface area contributed by atoms with Gasteiger partial charge >= 0.3 is 0 Å². The van der Waals surface area contributed by atoms with Gasteiger partial charge in [-0.15, -0.1) is 0 Å². The van der Waals surface area contributed by atoms with Crippen molar-refractivity contribution in [2.75, 3.05) is 0 Å². The summed E-state index contributed by atoms with van der Waals surface area (Å²) in [7, 11) is 0. The number of benzene rings is 2. The zero-order valence-electron chi connectivity index (χ0n) is 16.8. The summed E-state index contributed by atoms with van der Waals surface area (Å²) < 4.78 is 5.50. The van der Waals surface area contributed by atoms with Crippen LogP contribution in [0.2, 0.25) is 0 Å². The first-order valence-electron chi connectivity index (χ1n) is 9.85. The molecule has 2 aromatic carbocycles. The lowest BCUT2D eigenvalue weighted by atomic mass is 10.0. The number of hydrogen-bond donors (Lipinski definition) is 0. The SMILES string of the molecule is CC.CCCCCc1ccc(-c2cc(-c3ccc(C(C)=O)cc3)no2)cc1. The van der Waals surface area contributed by atoms with Crippen LogP contribution in [0.3, 0.4) is 0 Å². The standard InChI is InChI=1S/C22H23NO2.C2H6/c1-3-4-5-6-17-7-9-20(10-8-17)22-15-21(23-25-22)19-13-11-18(12-14-19)16(2)24;1-2/h7-15H,3-6H2,1-2H3;1-2H3. The third-order valence-electron chi connectivity index (χ3n) is 4.40. The Morgan fingerprint density at radius 1 is 0.926 bits per heavy atom. The fraction of sp³-hybridized carbons (Fsp3) is 0.333. The van der Waals surface area contributed by atoms with E-state index in [1.54, 1.807) is 6.92 Å². The summed E-state index contributed by atoms with van der Waals surface area (Å²) in [6, 6.07) is 17.9. The quantitative estimate of drug-likeness (QED) is 0.336. The van der Waals surface area contributed by atoms with Gasteiger partial charge < -0.3 is 4.52 Å². The molecule has 3 heteroatoms. The molecule has 0 radical (unpaired) electrons. The molecule has 1 aromatic heterocycles. The average Bonchev–Trinajstić information content (AvgIpc) is 3.20. The van der Waals surface area contributed by atoms with Crippen LogP contribution in [0.5, 0.6) is 0 Å². The second-order valence-electron chi connectivity index (χ2n) is 6.36. The van der Waals surface area contributed by atoms with Gasteiger partial charge in [-0.1, -0.05) is 87.3 Å². The van der Waals surface area contributed by atoms with Crippen molar-refractivity contribution in [1.82, 2.24) is 5.16 Å². The summed E-state index contributed by atoms with van der Waals surface area (Å²) in [4.78, 5) is 11.4. The summed E-state index contributed by atoms with van der Waals surface area (Å²) in [6.07, 6.45) is 4.87. The van der Waals surface area contributed by atoms with Crippen LogP contribution in [0.1, 0.15) is 62.9 Å². The van der Waals surface area contributed by atoms with Gasteiger partial charge in [-0.3, -0.25) is 4.79 Å². The summed E-state index contributed by atoms with van der Waals surface area (Å²) in [5.41, 5.74) is 4.80. The van der Waals surface area contributed by atoms with Gasteiger partial charge in [-0.25, -0.2) is 0 Å². The van der Waals surface area contributed by atoms with E-state index in [2.05, 4.69) is 36.3 Å². The van der Waals surface area contributed by atoms with E-state index in [4.69, 9.17) is 4.52 Å². The number of hydrogen-bond acceptors (Lipinski definition) is 3. The minimum atomic E-state index is 0.0615. The summed E-state index contributed by atoms with van der Waals surface area (Å²) in [6.45, 7) is 7.79. The molecular weight excluding hydrogens is 334 g/mol. The number of Topliss-reactive ketones (excluding diaryl/α,β-unsaturated/α-hetero) is 1. The van der Waals surface area contributed by atoms with Crippen LogP contribution in [0.15, 0.2) is 59.1 Å². The van der Waals surface area contributed by atoms with Gasteiger partial charge in [0.25, 0.3) is 0 Å². The van der Waals surface area contributed by atoms with Gasteiger partial charge in [0, 0.05) is 22.8 Å². The fourth-order valence-corrected chi connectivity index (χ4v) is 2.84. The zero-order chi connectivity index (χ0) is 19.6. The maximum atomic E-state index is 11.4. The Hall–Kier alpha value is -2.68. The molecular formula is C24H29NO2. The van der Waals surface area contributed by atoms with Gasteiger partial charge in [-0.2, -0.15) is 0 Å². The molecule has 142 valence electrons. The van der Waals surface area contributed by atoms with Crippen molar-refractivity contribution in [2.24, 2.45) is 0 Å². The molecule has 0 saturated heterocycles. The van der Waals surface area contributed by atoms with Crippen LogP contribution < -0.4 is 0 Å². The zero-order valence-corrected chi connectivity index (χ0v) is 16.8. The Balaban J connectivity index is 0.00000126. The third kappa shape index (κ3) is 5.65. The van der Waals surface area contributed by atoms with E-state index < -0.39 is 0 Å². The molecule has 3 rings (SSSR count). The molecule has 3 aromatic rings. The van der Waals surface area contributed by atoms with Crippen LogP contribution >= 0.6 is 0 Å². The summed E-state index contributed by atoms with van der Waals surface area (Å²) in [5.74, 6) is 0.817. The highest BCUT2D eigenvalue weighted by Gasteiger charge is 2.09. The van der Waals surface area contributed by atoms with Crippen LogP contribution in [0.25, 0.3) is 22.6 Å². The van der Waals surface area contributed by atoms with E-state index in [0.29, 0.717) is 5.56 Å². The molecule has 0 unspecified atom stereocenters. The average molecular weight is 364 g/mol. The number of aromatic nitrogens is 1. The van der Waals surface area contributed by atoms with Crippen molar-refractivity contribution in [3.8, 4) is 22.6 Å². The molecule has 0 saturated carbocycles. The lowest BCUT2D eigenvalue weighted by Crippen LogP contribution is -1.90. The number of aryl methyl sites for hydroxylation is 1. The Labute approximate surface area is 162 Å². The highest BCUT2D eigenvalue weighted by atomic mass is 16.5. The largest absolute Gasteiger partial charge is 0.356 e. The molecule has 3 nitrogen and oxygen atoms in total. The van der Waals surface area contributed by atoms with E-state index in [-0.39, 0.29) is 5.78 Å². The fourth-order valence-electron chi connectivity index (χ4n) is 2.84. The monoisotopic (exact) mass is 363 g/mol. The van der Waals surface area contributed by atoms with E-state index in [9.17, 15) is 4.79 Å². The van der Waals surface area contributed by atoms with Crippen molar-refractivity contribution in [3.05, 3.63) is 65.7 Å². The van der Waals surface area contributed by atoms with E-state index >= 15 is 0 Å². The third-order valence-corrected chi connectivity index (χ3v) is 4.40. The van der Waals surface area contributed by atoms with Crippen LogP contribution in [-0.2, 0) is 6.42 Å². The number of unbranched alkanes of at least 4 members (excludes halogenated alkanes) is 2. The van der Waals surface area contributed by atoms with E-state index in [1.807, 2.05) is 44.2 Å². The van der Waals surface area contributed by atoms with Crippen molar-refractivity contribution in [2.45, 2.75) is 53.4 Å². The number of nitrogens with zero attached hydrogens (tertiary/aromatic N) is 1. The van der Waals surface area contributed by atoms with Gasteiger partial charge in [0.15, 0.2) is 11.5 Å². The number of carbonyl (C=O) groups excluding carboxylic acids is 1. The second-order valence-corrected chi connectivity index (χ2v) is 6.36. The first kappa shape index (κ1) is 20.6. The van der Waals surface area contributed by atoms with Crippen LogP contribution in [0.4, 0.5) is 0 Å². The molecule has 0 spiro atoms. The lowest BCUT2D eigenvalue weighted by Gasteiger charge is -2.01. The molecule has 27 heavy (non-hydrogen) atoms. The van der Waals surface area contributed by atoms with Gasteiger partial charge in [0.2, 0.25) is 0 Å². The molecule has 0 aliphatic heterocycles. The molecule has 0 aliphatic carbocycles. The molecule has 1 heterocycles. The van der Waals surface area contributed by atoms with Crippen LogP contribution in [-0.4, -0.2) is 10.9 Å². The van der Waals surface area contributed by atoms with E-state index in [0.717, 1.165) is 29.0 Å². The molecule has 0 atom stereocenters. The minimum absolute atomic E-state index is 0.0615. The van der Waals surface area contributed by atoms with Crippen LogP contribution in [0, 0.1) is 0 Å². The summed E-state index contributed by atoms with van der Waals surface area (Å²) >= 11 is 0. The lowest BCUT2D eigenvalue weighted by molar-refractivity contribution is 0.101. The predicted octanol–water partition coefficient (Wildman–Crippen LogP) is 6.97. The molecule has 0 fully saturated rings. The predicted molar refractivity (Wildman–Crippen MR) is 112 cm³/mol. The van der Waals surface area contributed by atoms with Crippen molar-refractivity contribution < 1.29 is 9.32 Å². The number of carbonyl (C=O) groups is 1. The topological polar surface area (TPSA) is 43.1 Å². The molecule has 0 N–H and O–H groups in total. The van der Waals surface area contributed by atoms with Gasteiger partial charge in [0.1, 0.15) is 5.69 Å². The van der Waals surface area contributed by atoms with Crippen molar-refractivity contribution in [3.63, 3.8) is 0 Å². The molecule has 0 aliphatic rings. The molecule has 0 amide bonds. The Kier molecular flexibility index (Phi) is 8.00. The van der Waals surface area contributed by atoms with E-state index in [1.165, 1.54) is 24.8 Å². The maximum Gasteiger partial charge on any atom is 0.167 e. The highest BCUT2D eigenvalue weighted by molar-refractivity contribution is 5.94. The highest BCUT2D eigenvalue weighted by Crippen LogP contribution is 2.26. The normalized spacial score (nSPS) is 10.2. The minimum Gasteiger partial charge on any atom is -0.356 e. The Morgan fingerprint density at radius 3 is 2.15 bits per heavy atom. The first-order chi connectivity index (χ1) is 13.2. The van der Waals surface area contributed by atoms with Gasteiger partial charge in [0.05, 0.1) is 0 Å². The van der Waals surface area contributed by atoms with Gasteiger partial charge in [-0.05, 0) is 25.3 Å². The van der Waals surface area contributed by atoms with Crippen molar-refractivity contribution >= 4 is 5.78 Å². The second kappa shape index (κ2) is 10.5. The number of ketones is 1. The summed E-state index contributed by atoms with van der Waals surface area (Å²) in [5, 5.41) is 4.16. The number of rotatable bonds is 7. The Bertz CT molecular complexity index is 830. The smallest absolute Gasteiger partial charge is 0.167 e.